The Bertz CT molecular complexity index is 873. The molecular weight excluding hydrogens is 376 g/mol. The molecular formula is C20H24N4OS2. The largest absolute Gasteiger partial charge is 0.355 e. The number of thiophene rings is 1. The number of benzene rings is 1. The van der Waals surface area contributed by atoms with E-state index in [0.717, 1.165) is 35.9 Å². The zero-order chi connectivity index (χ0) is 19.1. The summed E-state index contributed by atoms with van der Waals surface area (Å²) >= 11 is 3.18. The third kappa shape index (κ3) is 5.20. The minimum atomic E-state index is 0.0203. The number of carbonyl (C=O) groups excluding carboxylic acids is 1. The summed E-state index contributed by atoms with van der Waals surface area (Å²) in [5, 5.41) is 14.5. The molecule has 0 aliphatic carbocycles. The van der Waals surface area contributed by atoms with Crippen LogP contribution in [0.1, 0.15) is 24.3 Å². The monoisotopic (exact) mass is 400 g/mol. The summed E-state index contributed by atoms with van der Waals surface area (Å²) in [5.74, 6) is 1.24. The number of hydrogen-bond acceptors (Lipinski definition) is 5. The molecule has 0 bridgehead atoms. The van der Waals surface area contributed by atoms with Crippen molar-refractivity contribution in [3.05, 3.63) is 52.2 Å². The minimum absolute atomic E-state index is 0.0203. The summed E-state index contributed by atoms with van der Waals surface area (Å²) < 4.78 is 2.07. The van der Waals surface area contributed by atoms with Crippen LogP contribution in [0.2, 0.25) is 0 Å². The predicted molar refractivity (Wildman–Crippen MR) is 112 cm³/mol. The van der Waals surface area contributed by atoms with Crippen molar-refractivity contribution in [3.8, 4) is 11.4 Å². The lowest BCUT2D eigenvalue weighted by atomic mass is 10.1. The Morgan fingerprint density at radius 3 is 2.74 bits per heavy atom. The Hall–Kier alpha value is -2.12. The Balaban J connectivity index is 1.53. The van der Waals surface area contributed by atoms with Crippen molar-refractivity contribution >= 4 is 29.0 Å². The molecule has 0 saturated heterocycles. The molecule has 0 atom stereocenters. The summed E-state index contributed by atoms with van der Waals surface area (Å²) in [4.78, 5) is 13.5. The van der Waals surface area contributed by atoms with Crippen molar-refractivity contribution in [1.29, 1.82) is 0 Å². The van der Waals surface area contributed by atoms with E-state index in [-0.39, 0.29) is 5.91 Å². The van der Waals surface area contributed by atoms with E-state index in [1.807, 2.05) is 18.2 Å². The molecule has 2 heterocycles. The molecule has 0 unspecified atom stereocenters. The molecule has 0 fully saturated rings. The zero-order valence-electron chi connectivity index (χ0n) is 15.6. The van der Waals surface area contributed by atoms with E-state index < -0.39 is 0 Å². The topological polar surface area (TPSA) is 59.8 Å². The van der Waals surface area contributed by atoms with Crippen molar-refractivity contribution in [2.45, 2.75) is 38.4 Å². The second kappa shape index (κ2) is 9.71. The van der Waals surface area contributed by atoms with E-state index in [0.29, 0.717) is 12.3 Å². The highest BCUT2D eigenvalue weighted by atomic mass is 32.2. The smallest absolute Gasteiger partial charge is 0.230 e. The number of nitrogens with one attached hydrogen (secondary N) is 1. The van der Waals surface area contributed by atoms with Crippen LogP contribution in [0.25, 0.3) is 11.4 Å². The molecule has 1 N–H and O–H groups in total. The lowest BCUT2D eigenvalue weighted by molar-refractivity contribution is -0.118. The lowest BCUT2D eigenvalue weighted by Gasteiger charge is -2.07. The van der Waals surface area contributed by atoms with Crippen LogP contribution in [0.4, 0.5) is 0 Å². The van der Waals surface area contributed by atoms with Crippen molar-refractivity contribution in [2.75, 3.05) is 12.3 Å². The van der Waals surface area contributed by atoms with E-state index in [1.165, 1.54) is 22.2 Å². The molecule has 1 amide bonds. The van der Waals surface area contributed by atoms with Crippen LogP contribution >= 0.6 is 23.1 Å². The number of rotatable bonds is 9. The molecule has 0 aliphatic heterocycles. The van der Waals surface area contributed by atoms with Gasteiger partial charge in [0.25, 0.3) is 0 Å². The molecule has 0 saturated carbocycles. The zero-order valence-corrected chi connectivity index (χ0v) is 17.3. The standard InChI is InChI=1S/C20H24N4OS2/c1-3-17-12-16(13-26-17)19-22-23-20(24(19)4-2)27-14-18(25)21-11-10-15-8-6-5-7-9-15/h5-9,12-13H,3-4,10-11,14H2,1-2H3,(H,21,25). The van der Waals surface area contributed by atoms with Gasteiger partial charge in [0, 0.05) is 28.9 Å². The molecule has 5 nitrogen and oxygen atoms in total. The third-order valence-corrected chi connectivity index (χ3v) is 6.25. The summed E-state index contributed by atoms with van der Waals surface area (Å²) in [7, 11) is 0. The SMILES string of the molecule is CCc1cc(-c2nnc(SCC(=O)NCCc3ccccc3)n2CC)cs1. The van der Waals surface area contributed by atoms with Gasteiger partial charge in [-0.1, -0.05) is 49.0 Å². The fourth-order valence-electron chi connectivity index (χ4n) is 2.75. The van der Waals surface area contributed by atoms with Crippen LogP contribution < -0.4 is 5.32 Å². The van der Waals surface area contributed by atoms with Crippen LogP contribution in [0.3, 0.4) is 0 Å². The predicted octanol–water partition coefficient (Wildman–Crippen LogP) is 4.04. The van der Waals surface area contributed by atoms with Crippen LogP contribution in [0.15, 0.2) is 46.9 Å². The first-order valence-electron chi connectivity index (χ1n) is 9.15. The number of aromatic nitrogens is 3. The maximum Gasteiger partial charge on any atom is 0.230 e. The average Bonchev–Trinajstić information content (AvgIpc) is 3.33. The van der Waals surface area contributed by atoms with Gasteiger partial charge >= 0.3 is 0 Å². The van der Waals surface area contributed by atoms with E-state index >= 15 is 0 Å². The first-order valence-corrected chi connectivity index (χ1v) is 11.0. The molecule has 7 heteroatoms. The Morgan fingerprint density at radius 1 is 1.22 bits per heavy atom. The normalized spacial score (nSPS) is 10.9. The second-order valence-corrected chi connectivity index (χ2v) is 8.02. The average molecular weight is 401 g/mol. The Labute approximate surface area is 168 Å². The number of aryl methyl sites for hydroxylation is 1. The van der Waals surface area contributed by atoms with E-state index in [4.69, 9.17) is 0 Å². The van der Waals surface area contributed by atoms with Gasteiger partial charge in [0.2, 0.25) is 5.91 Å². The van der Waals surface area contributed by atoms with Crippen molar-refractivity contribution in [2.24, 2.45) is 0 Å². The van der Waals surface area contributed by atoms with Crippen LogP contribution in [-0.4, -0.2) is 33.0 Å². The molecule has 0 radical (unpaired) electrons. The molecule has 0 spiro atoms. The number of hydrogen-bond donors (Lipinski definition) is 1. The summed E-state index contributed by atoms with van der Waals surface area (Å²) in [6, 6.07) is 12.3. The highest BCUT2D eigenvalue weighted by Crippen LogP contribution is 2.27. The fraction of sp³-hybridized carbons (Fsp3) is 0.350. The fourth-order valence-corrected chi connectivity index (χ4v) is 4.40. The number of nitrogens with zero attached hydrogens (tertiary/aromatic N) is 3. The van der Waals surface area contributed by atoms with Crippen molar-refractivity contribution in [1.82, 2.24) is 20.1 Å². The van der Waals surface area contributed by atoms with E-state index in [1.54, 1.807) is 11.3 Å². The van der Waals surface area contributed by atoms with Crippen LogP contribution in [0, 0.1) is 0 Å². The summed E-state index contributed by atoms with van der Waals surface area (Å²) in [5.41, 5.74) is 2.33. The number of amides is 1. The van der Waals surface area contributed by atoms with E-state index in [2.05, 4.69) is 57.5 Å². The highest BCUT2D eigenvalue weighted by molar-refractivity contribution is 7.99. The quantitative estimate of drug-likeness (QED) is 0.551. The van der Waals surface area contributed by atoms with Gasteiger partial charge in [-0.25, -0.2) is 0 Å². The molecule has 2 aromatic heterocycles. The van der Waals surface area contributed by atoms with Gasteiger partial charge in [0.15, 0.2) is 11.0 Å². The summed E-state index contributed by atoms with van der Waals surface area (Å²) in [6.45, 7) is 5.64. The molecule has 3 rings (SSSR count). The highest BCUT2D eigenvalue weighted by Gasteiger charge is 2.15. The van der Waals surface area contributed by atoms with Gasteiger partial charge < -0.3 is 9.88 Å². The van der Waals surface area contributed by atoms with Gasteiger partial charge in [-0.3, -0.25) is 4.79 Å². The first kappa shape index (κ1) is 19.6. The first-order chi connectivity index (χ1) is 13.2. The number of carbonyl (C=O) groups is 1. The van der Waals surface area contributed by atoms with Crippen LogP contribution in [-0.2, 0) is 24.2 Å². The third-order valence-electron chi connectivity index (χ3n) is 4.20. The maximum atomic E-state index is 12.1. The lowest BCUT2D eigenvalue weighted by Crippen LogP contribution is -2.27. The number of thioether (sulfide) groups is 1. The molecule has 142 valence electrons. The minimum Gasteiger partial charge on any atom is -0.355 e. The van der Waals surface area contributed by atoms with Gasteiger partial charge in [-0.05, 0) is 31.4 Å². The Kier molecular flexibility index (Phi) is 7.06. The molecule has 3 aromatic rings. The molecule has 0 aliphatic rings. The Morgan fingerprint density at radius 2 is 2.04 bits per heavy atom. The van der Waals surface area contributed by atoms with Crippen LogP contribution in [0.5, 0.6) is 0 Å². The van der Waals surface area contributed by atoms with E-state index in [9.17, 15) is 4.79 Å². The van der Waals surface area contributed by atoms with Gasteiger partial charge in [0.05, 0.1) is 5.75 Å². The maximum absolute atomic E-state index is 12.1. The van der Waals surface area contributed by atoms with Gasteiger partial charge in [0.1, 0.15) is 0 Å². The summed E-state index contributed by atoms with van der Waals surface area (Å²) in [6.07, 6.45) is 1.86. The molecule has 1 aromatic carbocycles. The van der Waals surface area contributed by atoms with Crippen molar-refractivity contribution in [3.63, 3.8) is 0 Å². The van der Waals surface area contributed by atoms with Crippen molar-refractivity contribution < 1.29 is 4.79 Å². The van der Waals surface area contributed by atoms with Gasteiger partial charge in [-0.15, -0.1) is 21.5 Å². The molecule has 27 heavy (non-hydrogen) atoms. The second-order valence-electron chi connectivity index (χ2n) is 6.08. The van der Waals surface area contributed by atoms with Gasteiger partial charge in [-0.2, -0.15) is 0 Å².